The highest BCUT2D eigenvalue weighted by Crippen LogP contribution is 2.17. The van der Waals surface area contributed by atoms with E-state index in [0.29, 0.717) is 19.6 Å². The number of hydrogen-bond donors (Lipinski definition) is 1. The summed E-state index contributed by atoms with van der Waals surface area (Å²) in [5.41, 5.74) is 1.61. The van der Waals surface area contributed by atoms with Crippen molar-refractivity contribution in [2.75, 3.05) is 31.2 Å². The van der Waals surface area contributed by atoms with E-state index in [2.05, 4.69) is 24.8 Å². The Morgan fingerprint density at radius 2 is 2.27 bits per heavy atom. The summed E-state index contributed by atoms with van der Waals surface area (Å²) in [5, 5.41) is 0. The van der Waals surface area contributed by atoms with E-state index in [1.165, 1.54) is 6.33 Å². The number of nitrogens with one attached hydrogen (secondary N) is 1. The van der Waals surface area contributed by atoms with Crippen molar-refractivity contribution in [2.24, 2.45) is 5.92 Å². The van der Waals surface area contributed by atoms with Crippen LogP contribution in [0.15, 0.2) is 29.6 Å². The second-order valence-corrected chi connectivity index (χ2v) is 5.51. The molecular weight excluding hydrogens is 282 g/mol. The molecule has 2 aromatic heterocycles. The van der Waals surface area contributed by atoms with Crippen molar-refractivity contribution >= 4 is 5.82 Å². The lowest BCUT2D eigenvalue weighted by Crippen LogP contribution is -2.31. The minimum absolute atomic E-state index is 0.122. The summed E-state index contributed by atoms with van der Waals surface area (Å²) in [6.45, 7) is 4.91. The quantitative estimate of drug-likeness (QED) is 0.892. The average molecular weight is 301 g/mol. The van der Waals surface area contributed by atoms with Crippen molar-refractivity contribution in [3.8, 4) is 0 Å². The zero-order chi connectivity index (χ0) is 15.4. The van der Waals surface area contributed by atoms with Crippen LogP contribution < -0.4 is 10.5 Å². The Morgan fingerprint density at radius 1 is 1.36 bits per heavy atom. The molecule has 1 aliphatic rings. The molecule has 0 aliphatic carbocycles. The van der Waals surface area contributed by atoms with Crippen molar-refractivity contribution in [3.63, 3.8) is 0 Å². The molecule has 3 rings (SSSR count). The van der Waals surface area contributed by atoms with Crippen LogP contribution in [0.3, 0.4) is 0 Å². The Kier molecular flexibility index (Phi) is 4.43. The van der Waals surface area contributed by atoms with Gasteiger partial charge in [-0.3, -0.25) is 4.79 Å². The predicted octanol–water partition coefficient (Wildman–Crippen LogP) is 0.564. The van der Waals surface area contributed by atoms with Crippen LogP contribution in [-0.4, -0.2) is 46.2 Å². The van der Waals surface area contributed by atoms with E-state index in [9.17, 15) is 4.79 Å². The van der Waals surface area contributed by atoms with Gasteiger partial charge in [0, 0.05) is 42.5 Å². The molecular formula is C15H19N5O2. The summed E-state index contributed by atoms with van der Waals surface area (Å²) in [7, 11) is 0. The van der Waals surface area contributed by atoms with Gasteiger partial charge in [-0.05, 0) is 13.3 Å². The SMILES string of the molecule is Cc1cc(N2CCOC[C@H](Cc3cc(=O)[nH]cn3)C2)ncn1. The van der Waals surface area contributed by atoms with Crippen LogP contribution >= 0.6 is 0 Å². The number of aromatic nitrogens is 4. The summed E-state index contributed by atoms with van der Waals surface area (Å²) in [6.07, 6.45) is 3.75. The molecule has 0 bridgehead atoms. The molecule has 7 nitrogen and oxygen atoms in total. The third-order valence-corrected chi connectivity index (χ3v) is 3.68. The first-order chi connectivity index (χ1) is 10.7. The topological polar surface area (TPSA) is 84.0 Å². The van der Waals surface area contributed by atoms with Gasteiger partial charge in [0.25, 0.3) is 5.56 Å². The summed E-state index contributed by atoms with van der Waals surface area (Å²) in [4.78, 5) is 28.8. The Bertz CT molecular complexity index is 687. The van der Waals surface area contributed by atoms with Crippen LogP contribution in [0.1, 0.15) is 11.4 Å². The first-order valence-corrected chi connectivity index (χ1v) is 7.35. The zero-order valence-corrected chi connectivity index (χ0v) is 12.5. The second kappa shape index (κ2) is 6.65. The first-order valence-electron chi connectivity index (χ1n) is 7.35. The van der Waals surface area contributed by atoms with Crippen molar-refractivity contribution in [2.45, 2.75) is 13.3 Å². The number of aryl methyl sites for hydroxylation is 1. The number of hydrogen-bond acceptors (Lipinski definition) is 6. The second-order valence-electron chi connectivity index (χ2n) is 5.51. The Labute approximate surface area is 128 Å². The molecule has 1 fully saturated rings. The molecule has 3 heterocycles. The monoisotopic (exact) mass is 301 g/mol. The number of H-pyrrole nitrogens is 1. The van der Waals surface area contributed by atoms with Crippen LogP contribution in [0.5, 0.6) is 0 Å². The molecule has 22 heavy (non-hydrogen) atoms. The van der Waals surface area contributed by atoms with Gasteiger partial charge >= 0.3 is 0 Å². The van der Waals surface area contributed by atoms with E-state index in [0.717, 1.165) is 30.3 Å². The maximum atomic E-state index is 11.4. The van der Waals surface area contributed by atoms with E-state index in [4.69, 9.17) is 4.74 Å². The van der Waals surface area contributed by atoms with Gasteiger partial charge in [0.1, 0.15) is 12.1 Å². The van der Waals surface area contributed by atoms with E-state index in [1.54, 1.807) is 12.4 Å². The summed E-state index contributed by atoms with van der Waals surface area (Å²) in [6, 6.07) is 3.53. The van der Waals surface area contributed by atoms with Crippen LogP contribution in [-0.2, 0) is 11.2 Å². The van der Waals surface area contributed by atoms with Crippen LogP contribution in [0.25, 0.3) is 0 Å². The van der Waals surface area contributed by atoms with Gasteiger partial charge in [-0.25, -0.2) is 15.0 Å². The standard InChI is InChI=1S/C15H19N5O2/c1-11-4-14(18-9-16-11)20-2-3-22-8-12(7-20)5-13-6-15(21)19-10-17-13/h4,6,9-10,12H,2-3,5,7-8H2,1H3,(H,17,19,21)/t12-/m1/s1. The number of anilines is 1. The number of ether oxygens (including phenoxy) is 1. The highest BCUT2D eigenvalue weighted by atomic mass is 16.5. The number of aromatic amines is 1. The smallest absolute Gasteiger partial charge is 0.250 e. The fourth-order valence-corrected chi connectivity index (χ4v) is 2.64. The fourth-order valence-electron chi connectivity index (χ4n) is 2.64. The Hall–Kier alpha value is -2.28. The Balaban J connectivity index is 1.74. The largest absolute Gasteiger partial charge is 0.379 e. The lowest BCUT2D eigenvalue weighted by atomic mass is 10.0. The third-order valence-electron chi connectivity index (χ3n) is 3.68. The fraction of sp³-hybridized carbons (Fsp3) is 0.467. The highest BCUT2D eigenvalue weighted by molar-refractivity contribution is 5.38. The molecule has 116 valence electrons. The third kappa shape index (κ3) is 3.67. The minimum Gasteiger partial charge on any atom is -0.379 e. The first kappa shape index (κ1) is 14.6. The predicted molar refractivity (Wildman–Crippen MR) is 81.9 cm³/mol. The van der Waals surface area contributed by atoms with Gasteiger partial charge in [0.15, 0.2) is 0 Å². The normalized spacial score (nSPS) is 19.0. The summed E-state index contributed by atoms with van der Waals surface area (Å²) < 4.78 is 5.69. The molecule has 0 radical (unpaired) electrons. The van der Waals surface area contributed by atoms with Gasteiger partial charge in [-0.1, -0.05) is 0 Å². The average Bonchev–Trinajstić information content (AvgIpc) is 2.73. The molecule has 0 aromatic carbocycles. The van der Waals surface area contributed by atoms with Crippen LogP contribution in [0.2, 0.25) is 0 Å². The molecule has 1 saturated heterocycles. The maximum absolute atomic E-state index is 11.4. The number of rotatable bonds is 3. The lowest BCUT2D eigenvalue weighted by Gasteiger charge is -2.24. The molecule has 0 spiro atoms. The van der Waals surface area contributed by atoms with E-state index >= 15 is 0 Å². The molecule has 0 amide bonds. The van der Waals surface area contributed by atoms with Gasteiger partial charge in [-0.15, -0.1) is 0 Å². The van der Waals surface area contributed by atoms with Gasteiger partial charge in [-0.2, -0.15) is 0 Å². The van der Waals surface area contributed by atoms with Crippen molar-refractivity contribution in [3.05, 3.63) is 46.5 Å². The van der Waals surface area contributed by atoms with Gasteiger partial charge < -0.3 is 14.6 Å². The summed E-state index contributed by atoms with van der Waals surface area (Å²) in [5.74, 6) is 1.19. The van der Waals surface area contributed by atoms with Gasteiger partial charge in [0.05, 0.1) is 19.5 Å². The van der Waals surface area contributed by atoms with Gasteiger partial charge in [0.2, 0.25) is 0 Å². The van der Waals surface area contributed by atoms with Crippen molar-refractivity contribution < 1.29 is 4.74 Å². The van der Waals surface area contributed by atoms with Crippen LogP contribution in [0, 0.1) is 12.8 Å². The number of nitrogens with zero attached hydrogens (tertiary/aromatic N) is 4. The van der Waals surface area contributed by atoms with E-state index < -0.39 is 0 Å². The molecule has 1 atom stereocenters. The van der Waals surface area contributed by atoms with Crippen molar-refractivity contribution in [1.82, 2.24) is 19.9 Å². The highest BCUT2D eigenvalue weighted by Gasteiger charge is 2.20. The molecule has 0 unspecified atom stereocenters. The molecule has 2 aromatic rings. The van der Waals surface area contributed by atoms with Crippen molar-refractivity contribution in [1.29, 1.82) is 0 Å². The molecule has 7 heteroatoms. The van der Waals surface area contributed by atoms with E-state index in [1.807, 2.05) is 13.0 Å². The van der Waals surface area contributed by atoms with E-state index in [-0.39, 0.29) is 11.5 Å². The zero-order valence-electron chi connectivity index (χ0n) is 12.5. The summed E-state index contributed by atoms with van der Waals surface area (Å²) >= 11 is 0. The molecule has 1 N–H and O–H groups in total. The van der Waals surface area contributed by atoms with Crippen LogP contribution in [0.4, 0.5) is 5.82 Å². The minimum atomic E-state index is -0.122. The maximum Gasteiger partial charge on any atom is 0.250 e. The molecule has 1 aliphatic heterocycles. The molecule has 0 saturated carbocycles. The lowest BCUT2D eigenvalue weighted by molar-refractivity contribution is 0.123. The Morgan fingerprint density at radius 3 is 3.09 bits per heavy atom.